The van der Waals surface area contributed by atoms with Crippen LogP contribution in [0.4, 0.5) is 11.5 Å². The first-order valence-corrected chi connectivity index (χ1v) is 7.88. The number of rotatable bonds is 8. The Kier molecular flexibility index (Phi) is 5.30. The number of hydrogen-bond acceptors (Lipinski definition) is 7. The van der Waals surface area contributed by atoms with E-state index < -0.39 is 0 Å². The van der Waals surface area contributed by atoms with Gasteiger partial charge < -0.3 is 25.1 Å². The fourth-order valence-electron chi connectivity index (χ4n) is 2.24. The third-order valence-electron chi connectivity index (χ3n) is 3.57. The van der Waals surface area contributed by atoms with Crippen molar-refractivity contribution in [1.82, 2.24) is 19.5 Å². The lowest BCUT2D eigenvalue weighted by Crippen LogP contribution is -2.10. The van der Waals surface area contributed by atoms with E-state index in [1.54, 1.807) is 31.8 Å². The monoisotopic (exact) mass is 340 g/mol. The zero-order valence-electron chi connectivity index (χ0n) is 13.9. The number of ether oxygens (including phenoxy) is 2. The predicted molar refractivity (Wildman–Crippen MR) is 94.8 cm³/mol. The van der Waals surface area contributed by atoms with Gasteiger partial charge in [0.25, 0.3) is 0 Å². The lowest BCUT2D eigenvalue weighted by molar-refractivity contribution is 0.412. The maximum Gasteiger partial charge on any atom is 0.248 e. The zero-order valence-corrected chi connectivity index (χ0v) is 13.9. The average molecular weight is 340 g/mol. The highest BCUT2D eigenvalue weighted by Gasteiger charge is 2.10. The Hall–Kier alpha value is -3.29. The third kappa shape index (κ3) is 4.37. The first-order chi connectivity index (χ1) is 12.3. The van der Waals surface area contributed by atoms with Crippen LogP contribution in [0, 0.1) is 0 Å². The number of nitrogens with zero attached hydrogens (tertiary/aromatic N) is 4. The van der Waals surface area contributed by atoms with E-state index in [4.69, 9.17) is 15.2 Å². The molecule has 0 radical (unpaired) electrons. The minimum atomic E-state index is 0.317. The van der Waals surface area contributed by atoms with E-state index in [1.807, 2.05) is 22.9 Å². The fraction of sp³-hybridized carbons (Fsp3) is 0.235. The summed E-state index contributed by atoms with van der Waals surface area (Å²) in [7, 11) is 1.61. The van der Waals surface area contributed by atoms with Crippen LogP contribution in [0.2, 0.25) is 0 Å². The molecule has 3 N–H and O–H groups in total. The van der Waals surface area contributed by atoms with Gasteiger partial charge in [0, 0.05) is 25.5 Å². The minimum Gasteiger partial charge on any atom is -0.497 e. The molecule has 3 aromatic rings. The van der Waals surface area contributed by atoms with E-state index >= 15 is 0 Å². The van der Waals surface area contributed by atoms with Gasteiger partial charge >= 0.3 is 0 Å². The van der Waals surface area contributed by atoms with E-state index in [0.717, 1.165) is 25.3 Å². The van der Waals surface area contributed by atoms with Gasteiger partial charge in [0.15, 0.2) is 5.82 Å². The number of hydrogen-bond donors (Lipinski definition) is 2. The van der Waals surface area contributed by atoms with Crippen molar-refractivity contribution in [2.75, 3.05) is 24.7 Å². The lowest BCUT2D eigenvalue weighted by atomic mass is 10.3. The van der Waals surface area contributed by atoms with Gasteiger partial charge in [-0.15, -0.1) is 0 Å². The molecular formula is C17H20N6O2. The van der Waals surface area contributed by atoms with Crippen LogP contribution in [-0.2, 0) is 6.54 Å². The number of methoxy groups -OCH3 is 1. The summed E-state index contributed by atoms with van der Waals surface area (Å²) < 4.78 is 12.9. The van der Waals surface area contributed by atoms with Gasteiger partial charge in [-0.05, 0) is 30.7 Å². The molecule has 2 aromatic heterocycles. The summed E-state index contributed by atoms with van der Waals surface area (Å²) in [6.07, 6.45) is 7.82. The van der Waals surface area contributed by atoms with Crippen molar-refractivity contribution in [3.05, 3.63) is 49.3 Å². The molecule has 0 bridgehead atoms. The number of aromatic nitrogens is 4. The van der Waals surface area contributed by atoms with Crippen molar-refractivity contribution < 1.29 is 9.47 Å². The van der Waals surface area contributed by atoms with Crippen LogP contribution in [-0.4, -0.2) is 33.2 Å². The number of benzene rings is 1. The predicted octanol–water partition coefficient (Wildman–Crippen LogP) is 2.56. The van der Waals surface area contributed by atoms with E-state index in [-0.39, 0.29) is 0 Å². The Balaban J connectivity index is 1.58. The summed E-state index contributed by atoms with van der Waals surface area (Å²) in [5.74, 6) is 2.25. The Morgan fingerprint density at radius 2 is 1.96 bits per heavy atom. The van der Waals surface area contributed by atoms with Crippen molar-refractivity contribution in [3.8, 4) is 17.4 Å². The van der Waals surface area contributed by atoms with Crippen LogP contribution in [0.1, 0.15) is 6.42 Å². The Bertz CT molecular complexity index is 789. The molecule has 0 aliphatic heterocycles. The Labute approximate surface area is 145 Å². The molecule has 0 amide bonds. The summed E-state index contributed by atoms with van der Waals surface area (Å²) in [6.45, 7) is 1.59. The summed E-state index contributed by atoms with van der Waals surface area (Å²) in [5.41, 5.74) is 6.49. The number of anilines is 2. The molecular weight excluding hydrogens is 320 g/mol. The van der Waals surface area contributed by atoms with E-state index in [2.05, 4.69) is 20.3 Å². The number of nitrogens with one attached hydrogen (secondary N) is 1. The number of nitrogens with two attached hydrogens (primary N) is 1. The smallest absolute Gasteiger partial charge is 0.248 e. The SMILES string of the molecule is COc1ccc(Oc2ncnc(NCCCn3ccnc3)c2N)cc1. The van der Waals surface area contributed by atoms with Crippen LogP contribution in [0.3, 0.4) is 0 Å². The largest absolute Gasteiger partial charge is 0.497 e. The van der Waals surface area contributed by atoms with E-state index in [1.165, 1.54) is 6.33 Å². The third-order valence-corrected chi connectivity index (χ3v) is 3.57. The summed E-state index contributed by atoms with van der Waals surface area (Å²) in [4.78, 5) is 12.3. The van der Waals surface area contributed by atoms with Crippen LogP contribution in [0.5, 0.6) is 17.4 Å². The molecule has 8 heteroatoms. The Morgan fingerprint density at radius 1 is 1.16 bits per heavy atom. The number of imidazole rings is 1. The topological polar surface area (TPSA) is 100 Å². The highest BCUT2D eigenvalue weighted by atomic mass is 16.5. The van der Waals surface area contributed by atoms with Crippen molar-refractivity contribution in [3.63, 3.8) is 0 Å². The van der Waals surface area contributed by atoms with Gasteiger partial charge in [-0.25, -0.2) is 9.97 Å². The van der Waals surface area contributed by atoms with Crippen molar-refractivity contribution in [2.24, 2.45) is 0 Å². The average Bonchev–Trinajstić information content (AvgIpc) is 3.16. The van der Waals surface area contributed by atoms with E-state index in [9.17, 15) is 0 Å². The minimum absolute atomic E-state index is 0.317. The second kappa shape index (κ2) is 8.00. The molecule has 0 saturated heterocycles. The van der Waals surface area contributed by atoms with Gasteiger partial charge in [-0.2, -0.15) is 4.98 Å². The molecule has 0 aliphatic carbocycles. The molecule has 0 saturated carbocycles. The van der Waals surface area contributed by atoms with Crippen molar-refractivity contribution in [1.29, 1.82) is 0 Å². The quantitative estimate of drug-likeness (QED) is 0.608. The fourth-order valence-corrected chi connectivity index (χ4v) is 2.24. The molecule has 2 heterocycles. The molecule has 0 aliphatic rings. The second-order valence-corrected chi connectivity index (χ2v) is 5.30. The Morgan fingerprint density at radius 3 is 2.68 bits per heavy atom. The van der Waals surface area contributed by atoms with Crippen molar-refractivity contribution >= 4 is 11.5 Å². The summed E-state index contributed by atoms with van der Waals surface area (Å²) in [6, 6.07) is 7.20. The zero-order chi connectivity index (χ0) is 17.5. The van der Waals surface area contributed by atoms with Gasteiger partial charge in [0.05, 0.1) is 13.4 Å². The van der Waals surface area contributed by atoms with Crippen LogP contribution in [0.25, 0.3) is 0 Å². The lowest BCUT2D eigenvalue weighted by Gasteiger charge is -2.12. The van der Waals surface area contributed by atoms with Gasteiger partial charge in [-0.1, -0.05) is 0 Å². The van der Waals surface area contributed by atoms with Crippen LogP contribution >= 0.6 is 0 Å². The van der Waals surface area contributed by atoms with Crippen LogP contribution < -0.4 is 20.5 Å². The number of nitrogen functional groups attached to an aromatic ring is 1. The molecule has 3 rings (SSSR count). The molecule has 0 spiro atoms. The second-order valence-electron chi connectivity index (χ2n) is 5.30. The standard InChI is InChI=1S/C17H20N6O2/c1-24-13-3-5-14(6-4-13)25-17-15(18)16(21-11-22-17)20-7-2-9-23-10-8-19-12-23/h3-6,8,10-12H,2,7,9,18H2,1H3,(H,20,21,22). The first kappa shape index (κ1) is 16.6. The van der Waals surface area contributed by atoms with Crippen molar-refractivity contribution in [2.45, 2.75) is 13.0 Å². The maximum atomic E-state index is 6.11. The molecule has 0 unspecified atom stereocenters. The number of aryl methyl sites for hydroxylation is 1. The summed E-state index contributed by atoms with van der Waals surface area (Å²) >= 11 is 0. The maximum absolute atomic E-state index is 6.11. The molecule has 0 fully saturated rings. The summed E-state index contributed by atoms with van der Waals surface area (Å²) in [5, 5.41) is 3.21. The molecule has 130 valence electrons. The first-order valence-electron chi connectivity index (χ1n) is 7.88. The van der Waals surface area contributed by atoms with Gasteiger partial charge in [-0.3, -0.25) is 0 Å². The molecule has 8 nitrogen and oxygen atoms in total. The highest BCUT2D eigenvalue weighted by Crippen LogP contribution is 2.29. The van der Waals surface area contributed by atoms with Crippen LogP contribution in [0.15, 0.2) is 49.3 Å². The normalized spacial score (nSPS) is 10.4. The molecule has 0 atom stereocenters. The highest BCUT2D eigenvalue weighted by molar-refractivity contribution is 5.66. The van der Waals surface area contributed by atoms with Gasteiger partial charge in [0.1, 0.15) is 23.5 Å². The molecule has 25 heavy (non-hydrogen) atoms. The van der Waals surface area contributed by atoms with E-state index in [0.29, 0.717) is 23.1 Å². The van der Waals surface area contributed by atoms with Gasteiger partial charge in [0.2, 0.25) is 5.88 Å². The molecule has 1 aromatic carbocycles.